The van der Waals surface area contributed by atoms with Crippen LogP contribution in [-0.4, -0.2) is 62.1 Å². The first-order valence-electron chi connectivity index (χ1n) is 10.8. The number of para-hydroxylation sites is 1. The van der Waals surface area contributed by atoms with Crippen molar-refractivity contribution in [1.29, 1.82) is 0 Å². The first kappa shape index (κ1) is 21.4. The van der Waals surface area contributed by atoms with Crippen LogP contribution in [-0.2, 0) is 9.53 Å². The fourth-order valence-corrected chi connectivity index (χ4v) is 5.10. The highest BCUT2D eigenvalue weighted by molar-refractivity contribution is 5.97. The van der Waals surface area contributed by atoms with Crippen molar-refractivity contribution in [3.8, 4) is 5.75 Å². The van der Waals surface area contributed by atoms with Crippen molar-refractivity contribution >= 4 is 11.8 Å². The quantitative estimate of drug-likeness (QED) is 0.717. The summed E-state index contributed by atoms with van der Waals surface area (Å²) in [6, 6.07) is 15.6. The van der Waals surface area contributed by atoms with E-state index >= 15 is 0 Å². The Morgan fingerprint density at radius 2 is 1.74 bits per heavy atom. The van der Waals surface area contributed by atoms with Crippen LogP contribution in [0.4, 0.5) is 0 Å². The average molecular weight is 423 g/mol. The van der Waals surface area contributed by atoms with Gasteiger partial charge in [-0.3, -0.25) is 9.59 Å². The van der Waals surface area contributed by atoms with E-state index in [0.29, 0.717) is 44.0 Å². The monoisotopic (exact) mass is 422 g/mol. The molecule has 2 aromatic carbocycles. The van der Waals surface area contributed by atoms with Gasteiger partial charge in [0.1, 0.15) is 5.75 Å². The van der Waals surface area contributed by atoms with Gasteiger partial charge in [0, 0.05) is 38.6 Å². The molecule has 6 heteroatoms. The number of aryl methyl sites for hydroxylation is 1. The fraction of sp³-hybridized carbons (Fsp3) is 0.440. The summed E-state index contributed by atoms with van der Waals surface area (Å²) in [5, 5.41) is 0. The van der Waals surface area contributed by atoms with E-state index in [-0.39, 0.29) is 29.7 Å². The Bertz CT molecular complexity index is 960. The van der Waals surface area contributed by atoms with Crippen LogP contribution < -0.4 is 4.74 Å². The number of ether oxygens (including phenoxy) is 2. The third kappa shape index (κ3) is 4.04. The van der Waals surface area contributed by atoms with E-state index in [0.717, 1.165) is 11.1 Å². The minimum Gasteiger partial charge on any atom is -0.496 e. The van der Waals surface area contributed by atoms with Gasteiger partial charge in [-0.05, 0) is 30.2 Å². The van der Waals surface area contributed by atoms with Crippen molar-refractivity contribution < 1.29 is 19.1 Å². The van der Waals surface area contributed by atoms with E-state index in [1.165, 1.54) is 0 Å². The molecule has 0 saturated carbocycles. The Balaban J connectivity index is 1.65. The second-order valence-corrected chi connectivity index (χ2v) is 8.42. The summed E-state index contributed by atoms with van der Waals surface area (Å²) in [5.74, 6) is 1.17. The molecule has 2 saturated heterocycles. The number of hydrogen-bond acceptors (Lipinski definition) is 4. The highest BCUT2D eigenvalue weighted by atomic mass is 16.5. The van der Waals surface area contributed by atoms with E-state index in [1.54, 1.807) is 14.2 Å². The second-order valence-electron chi connectivity index (χ2n) is 8.42. The van der Waals surface area contributed by atoms with Crippen LogP contribution >= 0.6 is 0 Å². The van der Waals surface area contributed by atoms with Gasteiger partial charge in [0.15, 0.2) is 0 Å². The molecule has 6 nitrogen and oxygen atoms in total. The summed E-state index contributed by atoms with van der Waals surface area (Å²) in [5.41, 5.74) is 2.90. The largest absolute Gasteiger partial charge is 0.496 e. The average Bonchev–Trinajstić information content (AvgIpc) is 3.35. The fourth-order valence-electron chi connectivity index (χ4n) is 5.10. The molecule has 0 radical (unpaired) electrons. The van der Waals surface area contributed by atoms with E-state index in [1.807, 2.05) is 46.2 Å². The second kappa shape index (κ2) is 9.10. The Morgan fingerprint density at radius 3 is 2.48 bits per heavy atom. The van der Waals surface area contributed by atoms with Gasteiger partial charge in [0.2, 0.25) is 5.91 Å². The molecule has 3 atom stereocenters. The van der Waals surface area contributed by atoms with Crippen molar-refractivity contribution in [2.75, 3.05) is 40.5 Å². The van der Waals surface area contributed by atoms with E-state index < -0.39 is 0 Å². The van der Waals surface area contributed by atoms with Crippen LogP contribution in [0.15, 0.2) is 48.5 Å². The summed E-state index contributed by atoms with van der Waals surface area (Å²) in [6.45, 7) is 4.51. The maximum atomic E-state index is 13.7. The first-order valence-corrected chi connectivity index (χ1v) is 10.8. The van der Waals surface area contributed by atoms with Crippen molar-refractivity contribution in [3.05, 3.63) is 65.2 Å². The predicted molar refractivity (Wildman–Crippen MR) is 118 cm³/mol. The molecule has 0 bridgehead atoms. The number of carbonyl (C=O) groups is 2. The highest BCUT2D eigenvalue weighted by Gasteiger charge is 2.50. The molecule has 31 heavy (non-hydrogen) atoms. The van der Waals surface area contributed by atoms with Gasteiger partial charge in [-0.25, -0.2) is 0 Å². The predicted octanol–water partition coefficient (Wildman–Crippen LogP) is 3.31. The number of nitrogens with zero attached hydrogens (tertiary/aromatic N) is 2. The van der Waals surface area contributed by atoms with Crippen LogP contribution in [0.25, 0.3) is 0 Å². The number of carbonyl (C=O) groups excluding carboxylic acids is 2. The number of hydrogen-bond donors (Lipinski definition) is 0. The Kier molecular flexibility index (Phi) is 6.28. The summed E-state index contributed by atoms with van der Waals surface area (Å²) in [7, 11) is 3.20. The van der Waals surface area contributed by atoms with Crippen LogP contribution in [0.2, 0.25) is 0 Å². The summed E-state index contributed by atoms with van der Waals surface area (Å²) in [6.07, 6.45) is 0.398. The number of amides is 2. The third-order valence-corrected chi connectivity index (χ3v) is 6.64. The van der Waals surface area contributed by atoms with Gasteiger partial charge < -0.3 is 19.3 Å². The number of benzene rings is 2. The summed E-state index contributed by atoms with van der Waals surface area (Å²) in [4.78, 5) is 30.2. The van der Waals surface area contributed by atoms with Gasteiger partial charge in [-0.1, -0.05) is 36.4 Å². The topological polar surface area (TPSA) is 59.1 Å². The van der Waals surface area contributed by atoms with Gasteiger partial charge in [0.05, 0.1) is 31.7 Å². The van der Waals surface area contributed by atoms with E-state index in [4.69, 9.17) is 9.47 Å². The van der Waals surface area contributed by atoms with Crippen molar-refractivity contribution in [1.82, 2.24) is 9.80 Å². The molecular formula is C25H30N2O4. The molecule has 0 spiro atoms. The first-order chi connectivity index (χ1) is 15.0. The van der Waals surface area contributed by atoms with Gasteiger partial charge in [0.25, 0.3) is 5.91 Å². The molecule has 2 aromatic rings. The standard InChI is InChI=1S/C25H30N2O4/c1-17-8-4-5-9-19(17)24-21-16-26(23(28)12-13-30-2)14-18(21)15-27(24)25(29)20-10-6-7-11-22(20)31-3/h4-11,18,21,24H,12-16H2,1-3H3/t18-,21-,24+/m0/s1. The zero-order valence-electron chi connectivity index (χ0n) is 18.4. The molecule has 164 valence electrons. The van der Waals surface area contributed by atoms with Gasteiger partial charge >= 0.3 is 0 Å². The molecule has 2 amide bonds. The lowest BCUT2D eigenvalue weighted by molar-refractivity contribution is -0.131. The molecule has 0 unspecified atom stereocenters. The normalized spacial score (nSPS) is 22.5. The highest BCUT2D eigenvalue weighted by Crippen LogP contribution is 2.46. The number of fused-ring (bicyclic) bond motifs is 1. The summed E-state index contributed by atoms with van der Waals surface area (Å²) >= 11 is 0. The summed E-state index contributed by atoms with van der Waals surface area (Å²) < 4.78 is 10.5. The molecule has 2 aliphatic rings. The molecule has 2 heterocycles. The van der Waals surface area contributed by atoms with Crippen LogP contribution in [0.1, 0.15) is 33.9 Å². The lowest BCUT2D eigenvalue weighted by atomic mass is 9.87. The minimum atomic E-state index is -0.0659. The van der Waals surface area contributed by atoms with Crippen LogP contribution in [0.5, 0.6) is 5.75 Å². The Labute approximate surface area is 183 Å². The van der Waals surface area contributed by atoms with E-state index in [2.05, 4.69) is 19.1 Å². The van der Waals surface area contributed by atoms with E-state index in [9.17, 15) is 9.59 Å². The molecule has 2 fully saturated rings. The molecule has 2 aliphatic heterocycles. The lowest BCUT2D eigenvalue weighted by Gasteiger charge is -2.31. The Morgan fingerprint density at radius 1 is 1.00 bits per heavy atom. The van der Waals surface area contributed by atoms with Crippen LogP contribution in [0.3, 0.4) is 0 Å². The SMILES string of the molecule is COCCC(=O)N1C[C@H]2CN(C(=O)c3ccccc3OC)[C@H](c3ccccc3C)[C@H]2C1. The van der Waals surface area contributed by atoms with Crippen LogP contribution in [0, 0.1) is 18.8 Å². The minimum absolute atomic E-state index is 0.0163. The Hall–Kier alpha value is -2.86. The smallest absolute Gasteiger partial charge is 0.258 e. The number of rotatable bonds is 6. The molecule has 0 aromatic heterocycles. The zero-order valence-corrected chi connectivity index (χ0v) is 18.4. The third-order valence-electron chi connectivity index (χ3n) is 6.64. The maximum absolute atomic E-state index is 13.7. The van der Waals surface area contributed by atoms with Gasteiger partial charge in [-0.2, -0.15) is 0 Å². The molecule has 0 N–H and O–H groups in total. The molecule has 0 aliphatic carbocycles. The van der Waals surface area contributed by atoms with Crippen molar-refractivity contribution in [2.24, 2.45) is 11.8 Å². The maximum Gasteiger partial charge on any atom is 0.258 e. The lowest BCUT2D eigenvalue weighted by Crippen LogP contribution is -2.38. The van der Waals surface area contributed by atoms with Gasteiger partial charge in [-0.15, -0.1) is 0 Å². The van der Waals surface area contributed by atoms with Crippen molar-refractivity contribution in [3.63, 3.8) is 0 Å². The number of likely N-dealkylation sites (tertiary alicyclic amines) is 2. The molecule has 4 rings (SSSR count). The molecular weight excluding hydrogens is 392 g/mol. The number of methoxy groups -OCH3 is 2. The van der Waals surface area contributed by atoms with Crippen molar-refractivity contribution in [2.45, 2.75) is 19.4 Å². The zero-order chi connectivity index (χ0) is 22.0.